The van der Waals surface area contributed by atoms with Crippen LogP contribution in [-0.4, -0.2) is 37.6 Å². The van der Waals surface area contributed by atoms with Crippen LogP contribution in [0.4, 0.5) is 5.82 Å². The van der Waals surface area contributed by atoms with E-state index in [1.165, 1.54) is 0 Å². The van der Waals surface area contributed by atoms with Gasteiger partial charge in [0.25, 0.3) is 0 Å². The molecule has 1 aromatic rings. The predicted molar refractivity (Wildman–Crippen MR) is 83.5 cm³/mol. The van der Waals surface area contributed by atoms with E-state index in [0.29, 0.717) is 13.1 Å². The molecule has 5 nitrogen and oxygen atoms in total. The highest BCUT2D eigenvalue weighted by molar-refractivity contribution is 5.85. The molecule has 1 aromatic heterocycles. The molecule has 0 fully saturated rings. The van der Waals surface area contributed by atoms with Crippen molar-refractivity contribution in [3.63, 3.8) is 0 Å². The molecule has 0 spiro atoms. The van der Waals surface area contributed by atoms with Crippen molar-refractivity contribution in [2.45, 2.75) is 13.3 Å². The lowest BCUT2D eigenvalue weighted by molar-refractivity contribution is -0.120. The summed E-state index contributed by atoms with van der Waals surface area (Å²) in [5, 5.41) is 8.82. The van der Waals surface area contributed by atoms with E-state index in [1.807, 2.05) is 25.3 Å². The molecule has 1 heterocycles. The van der Waals surface area contributed by atoms with Crippen molar-refractivity contribution in [3.05, 3.63) is 23.9 Å². The summed E-state index contributed by atoms with van der Waals surface area (Å²) >= 11 is 0. The van der Waals surface area contributed by atoms with E-state index in [0.717, 1.165) is 24.3 Å². The van der Waals surface area contributed by atoms with E-state index in [4.69, 9.17) is 0 Å². The molecule has 0 saturated heterocycles. The third kappa shape index (κ3) is 9.53. The molecule has 0 aliphatic carbocycles. The molecule has 1 rings (SSSR count). The molecule has 7 heteroatoms. The Bertz CT molecular complexity index is 346. The summed E-state index contributed by atoms with van der Waals surface area (Å²) in [6, 6.07) is 3.97. The highest BCUT2D eigenvalue weighted by atomic mass is 35.5. The topological polar surface area (TPSA) is 66.1 Å². The van der Waals surface area contributed by atoms with Crippen LogP contribution < -0.4 is 16.0 Å². The molecule has 0 radical (unpaired) electrons. The van der Waals surface area contributed by atoms with Crippen LogP contribution in [-0.2, 0) is 4.79 Å². The minimum atomic E-state index is 0. The summed E-state index contributed by atoms with van der Waals surface area (Å²) in [5.41, 5.74) is 1.15. The van der Waals surface area contributed by atoms with Crippen molar-refractivity contribution in [3.8, 4) is 0 Å². The molecule has 0 saturated carbocycles. The smallest absolute Gasteiger partial charge is 0.233 e. The third-order valence-corrected chi connectivity index (χ3v) is 2.23. The summed E-state index contributed by atoms with van der Waals surface area (Å²) in [6.45, 7) is 3.86. The number of amides is 1. The lowest BCUT2D eigenvalue weighted by Gasteiger charge is -2.07. The Morgan fingerprint density at radius 2 is 2.00 bits per heavy atom. The highest BCUT2D eigenvalue weighted by Crippen LogP contribution is 2.03. The molecule has 0 aliphatic rings. The Balaban J connectivity index is 0. The molecule has 3 N–H and O–H groups in total. The van der Waals surface area contributed by atoms with Crippen LogP contribution in [0.1, 0.15) is 12.0 Å². The van der Waals surface area contributed by atoms with Gasteiger partial charge in [-0.15, -0.1) is 24.8 Å². The molecule has 19 heavy (non-hydrogen) atoms. The van der Waals surface area contributed by atoms with Gasteiger partial charge in [-0.05, 0) is 32.0 Å². The van der Waals surface area contributed by atoms with E-state index >= 15 is 0 Å². The van der Waals surface area contributed by atoms with E-state index in [2.05, 4.69) is 20.9 Å². The number of halogens is 2. The lowest BCUT2D eigenvalue weighted by Crippen LogP contribution is -2.33. The zero-order valence-electron chi connectivity index (χ0n) is 11.2. The molecule has 0 aliphatic heterocycles. The molecule has 0 atom stereocenters. The maximum atomic E-state index is 11.1. The number of rotatable bonds is 7. The predicted octanol–water partition coefficient (Wildman–Crippen LogP) is 1.37. The highest BCUT2D eigenvalue weighted by Gasteiger charge is 1.97. The zero-order valence-corrected chi connectivity index (χ0v) is 12.9. The van der Waals surface area contributed by atoms with Crippen LogP contribution in [0.5, 0.6) is 0 Å². The monoisotopic (exact) mass is 308 g/mol. The van der Waals surface area contributed by atoms with Crippen molar-refractivity contribution in [2.75, 3.05) is 32.0 Å². The second-order valence-electron chi connectivity index (χ2n) is 3.88. The number of carbonyl (C=O) groups is 1. The van der Waals surface area contributed by atoms with Gasteiger partial charge < -0.3 is 16.0 Å². The number of nitrogens with one attached hydrogen (secondary N) is 3. The third-order valence-electron chi connectivity index (χ3n) is 2.23. The van der Waals surface area contributed by atoms with E-state index in [9.17, 15) is 4.79 Å². The quantitative estimate of drug-likeness (QED) is 0.666. The standard InChI is InChI=1S/C12H20N4O.2ClH/c1-10-4-5-11(16-8-10)14-6-3-7-15-12(17)9-13-2;;/h4-5,8,13H,3,6-7,9H2,1-2H3,(H,14,16)(H,15,17);2*1H. The number of likely N-dealkylation sites (N-methyl/N-ethyl adjacent to an activating group) is 1. The molecule has 0 unspecified atom stereocenters. The average Bonchev–Trinajstić information content (AvgIpc) is 2.31. The summed E-state index contributed by atoms with van der Waals surface area (Å²) in [4.78, 5) is 15.3. The van der Waals surface area contributed by atoms with Crippen molar-refractivity contribution in [2.24, 2.45) is 0 Å². The summed E-state index contributed by atoms with van der Waals surface area (Å²) in [5.74, 6) is 0.901. The number of aromatic nitrogens is 1. The van der Waals surface area contributed by atoms with Gasteiger partial charge >= 0.3 is 0 Å². The van der Waals surface area contributed by atoms with Gasteiger partial charge in [-0.1, -0.05) is 6.07 Å². The van der Waals surface area contributed by atoms with Crippen LogP contribution in [0.15, 0.2) is 18.3 Å². The fraction of sp³-hybridized carbons (Fsp3) is 0.500. The van der Waals surface area contributed by atoms with E-state index < -0.39 is 0 Å². The van der Waals surface area contributed by atoms with Crippen molar-refractivity contribution >= 4 is 36.5 Å². The molecule has 0 aromatic carbocycles. The number of hydrogen-bond donors (Lipinski definition) is 3. The molecular weight excluding hydrogens is 287 g/mol. The minimum Gasteiger partial charge on any atom is -0.370 e. The summed E-state index contributed by atoms with van der Waals surface area (Å²) < 4.78 is 0. The normalized spacial score (nSPS) is 8.95. The Morgan fingerprint density at radius 3 is 2.58 bits per heavy atom. The summed E-state index contributed by atoms with van der Waals surface area (Å²) in [6.07, 6.45) is 2.71. The fourth-order valence-corrected chi connectivity index (χ4v) is 1.33. The van der Waals surface area contributed by atoms with E-state index in [-0.39, 0.29) is 30.7 Å². The largest absolute Gasteiger partial charge is 0.370 e. The Morgan fingerprint density at radius 1 is 1.26 bits per heavy atom. The van der Waals surface area contributed by atoms with E-state index in [1.54, 1.807) is 7.05 Å². The number of carbonyl (C=O) groups excluding carboxylic acids is 1. The van der Waals surface area contributed by atoms with Crippen molar-refractivity contribution in [1.29, 1.82) is 0 Å². The van der Waals surface area contributed by atoms with Crippen LogP contribution in [0.2, 0.25) is 0 Å². The Labute approximate surface area is 126 Å². The second-order valence-corrected chi connectivity index (χ2v) is 3.88. The number of nitrogens with zero attached hydrogens (tertiary/aromatic N) is 1. The number of hydrogen-bond acceptors (Lipinski definition) is 4. The molecular formula is C12H22Cl2N4O. The van der Waals surface area contributed by atoms with Crippen LogP contribution in [0, 0.1) is 6.92 Å². The fourth-order valence-electron chi connectivity index (χ4n) is 1.33. The lowest BCUT2D eigenvalue weighted by atomic mass is 10.3. The first kappa shape index (κ1) is 20.3. The van der Waals surface area contributed by atoms with Gasteiger partial charge in [0.1, 0.15) is 5.82 Å². The van der Waals surface area contributed by atoms with Gasteiger partial charge in [0.15, 0.2) is 0 Å². The minimum absolute atomic E-state index is 0. The Kier molecular flexibility index (Phi) is 12.8. The van der Waals surface area contributed by atoms with Gasteiger partial charge in [0.2, 0.25) is 5.91 Å². The Hall–Kier alpha value is -1.04. The average molecular weight is 309 g/mol. The van der Waals surface area contributed by atoms with Gasteiger partial charge in [-0.2, -0.15) is 0 Å². The SMILES string of the molecule is CNCC(=O)NCCCNc1ccc(C)cn1.Cl.Cl. The molecule has 1 amide bonds. The second kappa shape index (κ2) is 12.0. The first-order valence-electron chi connectivity index (χ1n) is 5.80. The van der Waals surface area contributed by atoms with Gasteiger partial charge in [0.05, 0.1) is 6.54 Å². The first-order valence-corrected chi connectivity index (χ1v) is 5.80. The number of pyridine rings is 1. The maximum Gasteiger partial charge on any atom is 0.233 e. The first-order chi connectivity index (χ1) is 8.22. The number of anilines is 1. The van der Waals surface area contributed by atoms with Gasteiger partial charge in [0, 0.05) is 19.3 Å². The van der Waals surface area contributed by atoms with Gasteiger partial charge in [-0.3, -0.25) is 4.79 Å². The number of aryl methyl sites for hydroxylation is 1. The van der Waals surface area contributed by atoms with Crippen molar-refractivity contribution < 1.29 is 4.79 Å². The van der Waals surface area contributed by atoms with Crippen LogP contribution in [0.3, 0.4) is 0 Å². The summed E-state index contributed by atoms with van der Waals surface area (Å²) in [7, 11) is 1.75. The zero-order chi connectivity index (χ0) is 12.5. The van der Waals surface area contributed by atoms with Crippen LogP contribution >= 0.6 is 24.8 Å². The van der Waals surface area contributed by atoms with Gasteiger partial charge in [-0.25, -0.2) is 4.98 Å². The molecule has 0 bridgehead atoms. The van der Waals surface area contributed by atoms with Crippen molar-refractivity contribution in [1.82, 2.24) is 15.6 Å². The van der Waals surface area contributed by atoms with Crippen LogP contribution in [0.25, 0.3) is 0 Å². The molecule has 110 valence electrons. The maximum absolute atomic E-state index is 11.1.